The summed E-state index contributed by atoms with van der Waals surface area (Å²) >= 11 is 0. The van der Waals surface area contributed by atoms with Crippen molar-refractivity contribution in [3.05, 3.63) is 40.2 Å². The maximum absolute atomic E-state index is 12.0. The molecule has 0 aliphatic carbocycles. The molecule has 4 heterocycles. The summed E-state index contributed by atoms with van der Waals surface area (Å²) in [7, 11) is 0. The molecule has 0 saturated carbocycles. The third-order valence-corrected chi connectivity index (χ3v) is 6.14. The molecule has 0 radical (unpaired) electrons. The van der Waals surface area contributed by atoms with Gasteiger partial charge in [0.05, 0.1) is 4.92 Å². The highest BCUT2D eigenvalue weighted by Crippen LogP contribution is 2.36. The summed E-state index contributed by atoms with van der Waals surface area (Å²) < 4.78 is 10.8. The number of hydrogen-bond donors (Lipinski definition) is 0. The number of piperazine rings is 1. The summed E-state index contributed by atoms with van der Waals surface area (Å²) in [5, 5.41) is 12.0. The number of nitro groups is 1. The summed E-state index contributed by atoms with van der Waals surface area (Å²) in [6.07, 6.45) is 4.70. The Bertz CT molecular complexity index is 957. The van der Waals surface area contributed by atoms with E-state index in [2.05, 4.69) is 20.9 Å². The van der Waals surface area contributed by atoms with Crippen LogP contribution in [0.5, 0.6) is 11.5 Å². The Balaban J connectivity index is 1.28. The lowest BCUT2D eigenvalue weighted by molar-refractivity contribution is -0.383. The van der Waals surface area contributed by atoms with E-state index in [4.69, 9.17) is 9.47 Å². The molecule has 2 fully saturated rings. The Morgan fingerprint density at radius 2 is 1.58 bits per heavy atom. The van der Waals surface area contributed by atoms with E-state index in [1.54, 1.807) is 0 Å². The Kier molecular flexibility index (Phi) is 5.46. The third-order valence-electron chi connectivity index (χ3n) is 6.14. The molecule has 3 aliphatic rings. The van der Waals surface area contributed by atoms with Crippen LogP contribution in [0.4, 0.5) is 17.3 Å². The minimum Gasteiger partial charge on any atom is -0.454 e. The van der Waals surface area contributed by atoms with Gasteiger partial charge in [-0.1, -0.05) is 6.07 Å². The molecule has 0 spiro atoms. The van der Waals surface area contributed by atoms with E-state index in [0.29, 0.717) is 24.7 Å². The number of ether oxygens (including phenoxy) is 2. The van der Waals surface area contributed by atoms with E-state index >= 15 is 0 Å². The van der Waals surface area contributed by atoms with Gasteiger partial charge in [-0.3, -0.25) is 15.0 Å². The van der Waals surface area contributed by atoms with Crippen molar-refractivity contribution in [1.29, 1.82) is 0 Å². The van der Waals surface area contributed by atoms with E-state index in [1.807, 2.05) is 21.9 Å². The van der Waals surface area contributed by atoms with Gasteiger partial charge in [0.2, 0.25) is 18.4 Å². The van der Waals surface area contributed by atoms with Gasteiger partial charge in [0.1, 0.15) is 6.33 Å². The van der Waals surface area contributed by atoms with Gasteiger partial charge in [-0.2, -0.15) is 0 Å². The first kappa shape index (κ1) is 19.8. The molecule has 3 aliphatic heterocycles. The van der Waals surface area contributed by atoms with Crippen molar-refractivity contribution in [1.82, 2.24) is 14.9 Å². The number of rotatable bonds is 5. The minimum absolute atomic E-state index is 0.0358. The maximum Gasteiger partial charge on any atom is 0.353 e. The van der Waals surface area contributed by atoms with Crippen LogP contribution in [-0.2, 0) is 6.54 Å². The highest BCUT2D eigenvalue weighted by atomic mass is 16.7. The molecule has 0 unspecified atom stereocenters. The standard InChI is InChI=1S/C21H26N6O4/c28-27(29)19-20(25-6-2-1-3-7-25)22-14-23-21(19)26-10-8-24(9-11-26)13-16-4-5-17-18(12-16)31-15-30-17/h4-5,12,14H,1-3,6-11,13,15H2. The predicted molar refractivity (Wildman–Crippen MR) is 115 cm³/mol. The largest absolute Gasteiger partial charge is 0.454 e. The van der Waals surface area contributed by atoms with Crippen molar-refractivity contribution >= 4 is 17.3 Å². The summed E-state index contributed by atoms with van der Waals surface area (Å²) in [5.74, 6) is 2.47. The number of benzene rings is 1. The SMILES string of the molecule is O=[N+]([O-])c1c(N2CCCCC2)ncnc1N1CCN(Cc2ccc3c(c2)OCO3)CC1. The summed E-state index contributed by atoms with van der Waals surface area (Å²) in [6, 6.07) is 6.02. The van der Waals surface area contributed by atoms with E-state index in [0.717, 1.165) is 69.0 Å². The van der Waals surface area contributed by atoms with Crippen LogP contribution in [0, 0.1) is 10.1 Å². The molecule has 1 aromatic carbocycles. The van der Waals surface area contributed by atoms with Gasteiger partial charge in [0.25, 0.3) is 0 Å². The van der Waals surface area contributed by atoms with Gasteiger partial charge in [0.15, 0.2) is 11.5 Å². The molecule has 10 nitrogen and oxygen atoms in total. The summed E-state index contributed by atoms with van der Waals surface area (Å²) in [5.41, 5.74) is 1.20. The Hall–Kier alpha value is -3.14. The van der Waals surface area contributed by atoms with Crippen LogP contribution in [-0.4, -0.2) is 65.9 Å². The molecule has 31 heavy (non-hydrogen) atoms. The van der Waals surface area contributed by atoms with Gasteiger partial charge >= 0.3 is 5.69 Å². The lowest BCUT2D eigenvalue weighted by Crippen LogP contribution is -2.46. The Morgan fingerprint density at radius 3 is 2.29 bits per heavy atom. The van der Waals surface area contributed by atoms with Crippen molar-refractivity contribution in [2.75, 3.05) is 55.9 Å². The van der Waals surface area contributed by atoms with Gasteiger partial charge in [-0.15, -0.1) is 0 Å². The average molecular weight is 426 g/mol. The second kappa shape index (κ2) is 8.54. The normalized spacial score (nSPS) is 19.0. The minimum atomic E-state index is -0.321. The molecule has 10 heteroatoms. The molecule has 1 aromatic heterocycles. The molecule has 2 saturated heterocycles. The molecule has 164 valence electrons. The first-order chi connectivity index (χ1) is 15.2. The quantitative estimate of drug-likeness (QED) is 0.527. The Labute approximate surface area is 180 Å². The first-order valence-electron chi connectivity index (χ1n) is 10.8. The zero-order chi connectivity index (χ0) is 21.2. The zero-order valence-corrected chi connectivity index (χ0v) is 17.4. The van der Waals surface area contributed by atoms with Gasteiger partial charge in [-0.05, 0) is 37.0 Å². The number of fused-ring (bicyclic) bond motifs is 1. The third kappa shape index (κ3) is 4.07. The van der Waals surface area contributed by atoms with Gasteiger partial charge < -0.3 is 19.3 Å². The van der Waals surface area contributed by atoms with Gasteiger partial charge in [0, 0.05) is 45.8 Å². The van der Waals surface area contributed by atoms with Gasteiger partial charge in [-0.25, -0.2) is 9.97 Å². The van der Waals surface area contributed by atoms with Crippen molar-refractivity contribution < 1.29 is 14.4 Å². The van der Waals surface area contributed by atoms with Crippen LogP contribution in [0.3, 0.4) is 0 Å². The van der Waals surface area contributed by atoms with Crippen molar-refractivity contribution in [3.63, 3.8) is 0 Å². The number of piperidine rings is 1. The van der Waals surface area contributed by atoms with E-state index in [1.165, 1.54) is 6.33 Å². The fourth-order valence-electron chi connectivity index (χ4n) is 4.51. The highest BCUT2D eigenvalue weighted by Gasteiger charge is 2.32. The average Bonchev–Trinajstić information content (AvgIpc) is 3.27. The number of nitrogens with zero attached hydrogens (tertiary/aromatic N) is 6. The molecule has 0 bridgehead atoms. The van der Waals surface area contributed by atoms with Crippen LogP contribution < -0.4 is 19.3 Å². The van der Waals surface area contributed by atoms with Crippen molar-refractivity contribution in [2.45, 2.75) is 25.8 Å². The van der Waals surface area contributed by atoms with E-state index in [-0.39, 0.29) is 17.4 Å². The molecular formula is C21H26N6O4. The maximum atomic E-state index is 12.0. The highest BCUT2D eigenvalue weighted by molar-refractivity contribution is 5.71. The second-order valence-electron chi connectivity index (χ2n) is 8.13. The zero-order valence-electron chi connectivity index (χ0n) is 17.4. The second-order valence-corrected chi connectivity index (χ2v) is 8.13. The molecule has 2 aromatic rings. The lowest BCUT2D eigenvalue weighted by Gasteiger charge is -2.35. The first-order valence-corrected chi connectivity index (χ1v) is 10.8. The van der Waals surface area contributed by atoms with E-state index in [9.17, 15) is 10.1 Å². The van der Waals surface area contributed by atoms with Crippen LogP contribution in [0.15, 0.2) is 24.5 Å². The fraction of sp³-hybridized carbons (Fsp3) is 0.524. The van der Waals surface area contributed by atoms with Crippen LogP contribution in [0.2, 0.25) is 0 Å². The van der Waals surface area contributed by atoms with Crippen molar-refractivity contribution in [2.24, 2.45) is 0 Å². The molecule has 0 atom stereocenters. The van der Waals surface area contributed by atoms with E-state index < -0.39 is 0 Å². The lowest BCUT2D eigenvalue weighted by atomic mass is 10.1. The van der Waals surface area contributed by atoms with Crippen molar-refractivity contribution in [3.8, 4) is 11.5 Å². The molecular weight excluding hydrogens is 400 g/mol. The molecule has 0 N–H and O–H groups in total. The fourth-order valence-corrected chi connectivity index (χ4v) is 4.51. The molecule has 5 rings (SSSR count). The monoisotopic (exact) mass is 426 g/mol. The smallest absolute Gasteiger partial charge is 0.353 e. The number of aromatic nitrogens is 2. The van der Waals surface area contributed by atoms with Crippen LogP contribution in [0.25, 0.3) is 0 Å². The topological polar surface area (TPSA) is 97.1 Å². The summed E-state index contributed by atoms with van der Waals surface area (Å²) in [6.45, 7) is 5.65. The van der Waals surface area contributed by atoms with Crippen LogP contribution in [0.1, 0.15) is 24.8 Å². The predicted octanol–water partition coefficient (Wildman–Crippen LogP) is 2.43. The number of anilines is 2. The number of hydrogen-bond acceptors (Lipinski definition) is 9. The van der Waals surface area contributed by atoms with Crippen LogP contribution >= 0.6 is 0 Å². The molecule has 0 amide bonds. The summed E-state index contributed by atoms with van der Waals surface area (Å²) in [4.78, 5) is 26.6. The Morgan fingerprint density at radius 1 is 0.903 bits per heavy atom.